The molecule has 3 atom stereocenters. The van der Waals surface area contributed by atoms with Crippen molar-refractivity contribution >= 4 is 29.3 Å². The molecule has 47 heavy (non-hydrogen) atoms. The van der Waals surface area contributed by atoms with Crippen molar-refractivity contribution in [2.75, 3.05) is 11.9 Å². The monoisotopic (exact) mass is 646 g/mol. The van der Waals surface area contributed by atoms with Crippen LogP contribution in [0.1, 0.15) is 53.7 Å². The minimum atomic E-state index is -1.48. The van der Waals surface area contributed by atoms with E-state index in [9.17, 15) is 33.9 Å². The number of amides is 4. The summed E-state index contributed by atoms with van der Waals surface area (Å²) in [6, 6.07) is 11.8. The van der Waals surface area contributed by atoms with Gasteiger partial charge in [-0.05, 0) is 56.0 Å². The molecule has 0 spiro atoms. The molecule has 13 heteroatoms. The minimum Gasteiger partial charge on any atom is -0.391 e. The lowest BCUT2D eigenvalue weighted by Gasteiger charge is -2.25. The Balaban J connectivity index is 1.88. The summed E-state index contributed by atoms with van der Waals surface area (Å²) in [7, 11) is 1.52. The number of carbonyl (C=O) groups is 4. The van der Waals surface area contributed by atoms with Crippen molar-refractivity contribution in [2.45, 2.75) is 65.8 Å². The first-order valence-corrected chi connectivity index (χ1v) is 14.9. The second-order valence-corrected chi connectivity index (χ2v) is 11.6. The van der Waals surface area contributed by atoms with E-state index in [2.05, 4.69) is 21.1 Å². The van der Waals surface area contributed by atoms with E-state index in [4.69, 9.17) is 4.52 Å². The van der Waals surface area contributed by atoms with Gasteiger partial charge in [-0.25, -0.2) is 4.39 Å². The average Bonchev–Trinajstić information content (AvgIpc) is 3.46. The highest BCUT2D eigenvalue weighted by molar-refractivity contribution is 6.08. The van der Waals surface area contributed by atoms with Crippen LogP contribution in [-0.4, -0.2) is 59.1 Å². The molecule has 3 rings (SSSR count). The average molecular weight is 647 g/mol. The first-order chi connectivity index (χ1) is 22.2. The number of aliphatic hydroxyl groups is 1. The summed E-state index contributed by atoms with van der Waals surface area (Å²) in [6.45, 7) is 8.14. The van der Waals surface area contributed by atoms with Crippen LogP contribution in [0.4, 0.5) is 10.1 Å². The largest absolute Gasteiger partial charge is 0.391 e. The van der Waals surface area contributed by atoms with Crippen LogP contribution in [0.15, 0.2) is 64.7 Å². The Hall–Kier alpha value is -5.35. The molecule has 0 saturated carbocycles. The molecule has 0 aliphatic carbocycles. The summed E-state index contributed by atoms with van der Waals surface area (Å²) in [6.07, 6.45) is 0.115. The van der Waals surface area contributed by atoms with Crippen LogP contribution in [0.5, 0.6) is 0 Å². The van der Waals surface area contributed by atoms with Gasteiger partial charge < -0.3 is 30.5 Å². The van der Waals surface area contributed by atoms with Gasteiger partial charge in [0, 0.05) is 37.3 Å². The standard InChI is InChI=1S/C34H39FN6O6/c1-19(2)12-25(17-36)34(46)41(6)26-9-7-8-23(15-26)16-28(31(43)37-18-24-11-10-20(3)13-27(24)35)38-33(45)30(22(5)42)39-32(44)29-14-21(4)47-40-29/h7-15,19,22,28,30,42H,16,18H2,1-6H3,(H,37,43)(H,38,45)(H,39,44)/t22-,28+,30+/m1/s1. The third kappa shape index (κ3) is 10.1. The number of benzene rings is 2. The van der Waals surface area contributed by atoms with Crippen LogP contribution in [0.2, 0.25) is 0 Å². The van der Waals surface area contributed by atoms with Crippen LogP contribution in [0.25, 0.3) is 0 Å². The lowest BCUT2D eigenvalue weighted by Crippen LogP contribution is -2.57. The molecule has 12 nitrogen and oxygen atoms in total. The molecule has 2 aromatic carbocycles. The molecule has 0 radical (unpaired) electrons. The Labute approximate surface area is 272 Å². The zero-order valence-electron chi connectivity index (χ0n) is 27.1. The Morgan fingerprint density at radius 3 is 2.38 bits per heavy atom. The van der Waals surface area contributed by atoms with Crippen molar-refractivity contribution in [1.29, 1.82) is 5.26 Å². The number of allylic oxidation sites excluding steroid dienone is 1. The van der Waals surface area contributed by atoms with E-state index in [-0.39, 0.29) is 35.7 Å². The molecule has 4 N–H and O–H groups in total. The number of hydrogen-bond acceptors (Lipinski definition) is 8. The SMILES string of the molecule is Cc1ccc(CNC(=O)[C@H](Cc2cccc(N(C)C(=O)C(C#N)=CC(C)C)c2)NC(=O)[C@@H](NC(=O)c2cc(C)on2)[C@@H](C)O)c(F)c1. The van der Waals surface area contributed by atoms with Gasteiger partial charge in [0.05, 0.1) is 6.10 Å². The van der Waals surface area contributed by atoms with Crippen LogP contribution < -0.4 is 20.9 Å². The van der Waals surface area contributed by atoms with Gasteiger partial charge in [0.1, 0.15) is 35.3 Å². The number of aromatic nitrogens is 1. The highest BCUT2D eigenvalue weighted by atomic mass is 19.1. The number of nitriles is 1. The number of likely N-dealkylation sites (N-methyl/N-ethyl adjacent to an activating group) is 1. The van der Waals surface area contributed by atoms with Crippen molar-refractivity contribution < 1.29 is 33.2 Å². The van der Waals surface area contributed by atoms with E-state index >= 15 is 0 Å². The molecular formula is C34H39FN6O6. The molecule has 248 valence electrons. The van der Waals surface area contributed by atoms with E-state index in [0.717, 1.165) is 0 Å². The number of carbonyl (C=O) groups excluding carboxylic acids is 4. The molecule has 1 aromatic heterocycles. The van der Waals surface area contributed by atoms with Crippen LogP contribution in [0.3, 0.4) is 0 Å². The molecule has 0 saturated heterocycles. The molecule has 4 amide bonds. The zero-order valence-corrected chi connectivity index (χ0v) is 27.1. The topological polar surface area (TPSA) is 178 Å². The Morgan fingerprint density at radius 1 is 1.06 bits per heavy atom. The third-order valence-corrected chi connectivity index (χ3v) is 7.10. The number of anilines is 1. The number of nitrogens with one attached hydrogen (secondary N) is 3. The second-order valence-electron chi connectivity index (χ2n) is 11.6. The van der Waals surface area contributed by atoms with E-state index in [1.54, 1.807) is 56.3 Å². The van der Waals surface area contributed by atoms with Gasteiger partial charge in [-0.2, -0.15) is 5.26 Å². The number of aryl methyl sites for hydroxylation is 2. The molecule has 0 aliphatic heterocycles. The third-order valence-electron chi connectivity index (χ3n) is 7.10. The molecule has 1 heterocycles. The molecule has 0 bridgehead atoms. The fourth-order valence-corrected chi connectivity index (χ4v) is 4.58. The predicted molar refractivity (Wildman–Crippen MR) is 171 cm³/mol. The van der Waals surface area contributed by atoms with E-state index in [1.165, 1.54) is 31.0 Å². The Bertz CT molecular complexity index is 1690. The molecule has 0 aliphatic rings. The highest BCUT2D eigenvalue weighted by Crippen LogP contribution is 2.19. The molecule has 0 fully saturated rings. The summed E-state index contributed by atoms with van der Waals surface area (Å²) in [5.41, 5.74) is 1.78. The predicted octanol–water partition coefficient (Wildman–Crippen LogP) is 3.02. The Kier molecular flexibility index (Phi) is 12.5. The maximum Gasteiger partial charge on any atom is 0.274 e. The van der Waals surface area contributed by atoms with Crippen molar-refractivity contribution in [3.8, 4) is 6.07 Å². The molecular weight excluding hydrogens is 607 g/mol. The van der Waals surface area contributed by atoms with Gasteiger partial charge in [0.25, 0.3) is 11.8 Å². The van der Waals surface area contributed by atoms with E-state index in [1.807, 2.05) is 19.9 Å². The first kappa shape index (κ1) is 36.1. The second kappa shape index (κ2) is 16.3. The van der Waals surface area contributed by atoms with Gasteiger partial charge in [-0.15, -0.1) is 0 Å². The smallest absolute Gasteiger partial charge is 0.274 e. The molecule has 3 aromatic rings. The van der Waals surface area contributed by atoms with Gasteiger partial charge in [-0.3, -0.25) is 19.2 Å². The summed E-state index contributed by atoms with van der Waals surface area (Å²) < 4.78 is 19.4. The minimum absolute atomic E-state index is 0.0206. The summed E-state index contributed by atoms with van der Waals surface area (Å²) in [4.78, 5) is 53.9. The maximum absolute atomic E-state index is 14.5. The maximum atomic E-state index is 14.5. The fraction of sp³-hybridized carbons (Fsp3) is 0.353. The Morgan fingerprint density at radius 2 is 1.79 bits per heavy atom. The summed E-state index contributed by atoms with van der Waals surface area (Å²) in [5, 5.41) is 31.1. The van der Waals surface area contributed by atoms with Gasteiger partial charge in [-0.1, -0.05) is 49.3 Å². The number of halogens is 1. The first-order valence-electron chi connectivity index (χ1n) is 14.9. The number of aliphatic hydroxyl groups excluding tert-OH is 1. The normalized spacial score (nSPS) is 13.2. The fourth-order valence-electron chi connectivity index (χ4n) is 4.58. The van der Waals surface area contributed by atoms with Crippen molar-refractivity contribution in [3.63, 3.8) is 0 Å². The van der Waals surface area contributed by atoms with Crippen molar-refractivity contribution in [2.24, 2.45) is 5.92 Å². The van der Waals surface area contributed by atoms with E-state index < -0.39 is 47.6 Å². The van der Waals surface area contributed by atoms with Gasteiger partial charge in [0.15, 0.2) is 5.69 Å². The van der Waals surface area contributed by atoms with Crippen LogP contribution >= 0.6 is 0 Å². The van der Waals surface area contributed by atoms with Crippen molar-refractivity contribution in [1.82, 2.24) is 21.1 Å². The lowest BCUT2D eigenvalue weighted by molar-refractivity contribution is -0.131. The van der Waals surface area contributed by atoms with Crippen LogP contribution in [-0.2, 0) is 27.3 Å². The lowest BCUT2D eigenvalue weighted by atomic mass is 10.0. The summed E-state index contributed by atoms with van der Waals surface area (Å²) in [5.74, 6) is -2.99. The van der Waals surface area contributed by atoms with Crippen molar-refractivity contribution in [3.05, 3.63) is 94.1 Å². The summed E-state index contributed by atoms with van der Waals surface area (Å²) >= 11 is 0. The van der Waals surface area contributed by atoms with Gasteiger partial charge in [0.2, 0.25) is 11.8 Å². The number of hydrogen-bond donors (Lipinski definition) is 4. The zero-order chi connectivity index (χ0) is 34.8. The van der Waals surface area contributed by atoms with Crippen LogP contribution in [0, 0.1) is 36.9 Å². The van der Waals surface area contributed by atoms with Gasteiger partial charge >= 0.3 is 0 Å². The highest BCUT2D eigenvalue weighted by Gasteiger charge is 2.31. The number of rotatable bonds is 13. The van der Waals surface area contributed by atoms with E-state index in [0.29, 0.717) is 22.6 Å². The molecule has 0 unspecified atom stereocenters. The quantitative estimate of drug-likeness (QED) is 0.162. The number of nitrogens with zero attached hydrogens (tertiary/aromatic N) is 3.